The highest BCUT2D eigenvalue weighted by atomic mass is 16.5. The fourth-order valence-corrected chi connectivity index (χ4v) is 4.52. The van der Waals surface area contributed by atoms with E-state index >= 15 is 0 Å². The number of ether oxygens (including phenoxy) is 3. The largest absolute Gasteiger partial charge is 0.468 e. The van der Waals surface area contributed by atoms with Crippen molar-refractivity contribution >= 4 is 11.9 Å². The minimum Gasteiger partial charge on any atom is -0.468 e. The lowest BCUT2D eigenvalue weighted by Gasteiger charge is -2.46. The Bertz CT molecular complexity index is 493. The number of carbonyl (C=O) groups excluding carboxylic acids is 2. The first-order valence-corrected chi connectivity index (χ1v) is 7.55. The normalized spacial score (nSPS) is 35.3. The van der Waals surface area contributed by atoms with Gasteiger partial charge >= 0.3 is 11.9 Å². The van der Waals surface area contributed by atoms with Crippen molar-refractivity contribution in [1.82, 2.24) is 0 Å². The van der Waals surface area contributed by atoms with Gasteiger partial charge in [-0.15, -0.1) is 0 Å². The lowest BCUT2D eigenvalue weighted by atomic mass is 9.66. The second-order valence-corrected chi connectivity index (χ2v) is 6.31. The van der Waals surface area contributed by atoms with Crippen molar-refractivity contribution in [3.05, 3.63) is 11.6 Å². The summed E-state index contributed by atoms with van der Waals surface area (Å²) in [6.45, 7) is 2.69. The van der Waals surface area contributed by atoms with Gasteiger partial charge in [-0.2, -0.15) is 0 Å². The van der Waals surface area contributed by atoms with Crippen LogP contribution in [0, 0.1) is 17.3 Å². The van der Waals surface area contributed by atoms with Gasteiger partial charge in [-0.3, -0.25) is 9.59 Å². The molecule has 0 bridgehead atoms. The van der Waals surface area contributed by atoms with E-state index < -0.39 is 17.4 Å². The summed E-state index contributed by atoms with van der Waals surface area (Å²) in [5, 5.41) is 0. The molecule has 0 unspecified atom stereocenters. The van der Waals surface area contributed by atoms with Crippen LogP contribution in [-0.2, 0) is 23.8 Å². The Morgan fingerprint density at radius 2 is 1.95 bits per heavy atom. The molecule has 0 aromatic carbocycles. The van der Waals surface area contributed by atoms with E-state index in [-0.39, 0.29) is 11.5 Å². The highest BCUT2D eigenvalue weighted by Crippen LogP contribution is 2.63. The molecule has 5 heteroatoms. The highest BCUT2D eigenvalue weighted by molar-refractivity contribution is 6.01. The first-order valence-electron chi connectivity index (χ1n) is 7.55. The summed E-state index contributed by atoms with van der Waals surface area (Å²) in [4.78, 5) is 24.4. The van der Waals surface area contributed by atoms with Gasteiger partial charge < -0.3 is 14.2 Å². The molecule has 0 N–H and O–H groups in total. The number of esters is 2. The van der Waals surface area contributed by atoms with Crippen molar-refractivity contribution in [1.29, 1.82) is 0 Å². The van der Waals surface area contributed by atoms with Gasteiger partial charge in [0.15, 0.2) is 5.41 Å². The second kappa shape index (κ2) is 4.83. The Labute approximate surface area is 124 Å². The molecule has 3 aliphatic carbocycles. The summed E-state index contributed by atoms with van der Waals surface area (Å²) < 4.78 is 15.7. The van der Waals surface area contributed by atoms with Crippen LogP contribution >= 0.6 is 0 Å². The van der Waals surface area contributed by atoms with Crippen LogP contribution in [-0.4, -0.2) is 38.4 Å². The average molecular weight is 294 g/mol. The number of hydrogen-bond acceptors (Lipinski definition) is 5. The monoisotopic (exact) mass is 294 g/mol. The van der Waals surface area contributed by atoms with Crippen LogP contribution in [0.1, 0.15) is 32.6 Å². The first-order chi connectivity index (χ1) is 10.0. The van der Waals surface area contributed by atoms with Crippen molar-refractivity contribution in [2.24, 2.45) is 17.3 Å². The van der Waals surface area contributed by atoms with Crippen LogP contribution in [0.15, 0.2) is 11.6 Å². The molecule has 3 aliphatic rings. The Kier molecular flexibility index (Phi) is 3.35. The van der Waals surface area contributed by atoms with Gasteiger partial charge in [0.1, 0.15) is 0 Å². The first kappa shape index (κ1) is 14.6. The smallest absolute Gasteiger partial charge is 0.323 e. The van der Waals surface area contributed by atoms with Crippen molar-refractivity contribution < 1.29 is 23.8 Å². The zero-order valence-corrected chi connectivity index (χ0v) is 12.8. The van der Waals surface area contributed by atoms with Crippen molar-refractivity contribution in [2.45, 2.75) is 38.2 Å². The standard InChI is InChI=1S/C16H22O5/c1-4-21-16-6-5-12(16)11-9-15(13(17)19-2,14(18)20-3)7-10(11)8-16/h8,11-12H,4-7,9H2,1-3H3/t11-,12-,16-/m0/s1. The molecule has 5 nitrogen and oxygen atoms in total. The zero-order valence-electron chi connectivity index (χ0n) is 12.8. The van der Waals surface area contributed by atoms with E-state index in [1.807, 2.05) is 6.92 Å². The van der Waals surface area contributed by atoms with E-state index in [4.69, 9.17) is 14.2 Å². The maximum absolute atomic E-state index is 12.2. The lowest BCUT2D eigenvalue weighted by molar-refractivity contribution is -0.170. The molecule has 0 heterocycles. The molecule has 0 aliphatic heterocycles. The molecule has 3 rings (SSSR count). The second-order valence-electron chi connectivity index (χ2n) is 6.31. The molecular weight excluding hydrogens is 272 g/mol. The van der Waals surface area contributed by atoms with Gasteiger partial charge in [0, 0.05) is 6.61 Å². The predicted octanol–water partition coefficient (Wildman–Crippen LogP) is 1.85. The fraction of sp³-hybridized carbons (Fsp3) is 0.750. The summed E-state index contributed by atoms with van der Waals surface area (Å²) in [7, 11) is 2.65. The van der Waals surface area contributed by atoms with Gasteiger partial charge in [0.2, 0.25) is 0 Å². The summed E-state index contributed by atoms with van der Waals surface area (Å²) in [6.07, 6.45) is 5.18. The number of fused-ring (bicyclic) bond motifs is 3. The van der Waals surface area contributed by atoms with Crippen LogP contribution in [0.4, 0.5) is 0 Å². The average Bonchev–Trinajstić information content (AvgIpc) is 2.91. The molecule has 0 saturated heterocycles. The van der Waals surface area contributed by atoms with E-state index in [1.54, 1.807) is 0 Å². The summed E-state index contributed by atoms with van der Waals surface area (Å²) in [5.74, 6) is -0.330. The molecule has 3 atom stereocenters. The molecule has 2 fully saturated rings. The number of allylic oxidation sites excluding steroid dienone is 1. The van der Waals surface area contributed by atoms with E-state index in [0.29, 0.717) is 25.4 Å². The molecule has 0 amide bonds. The minimum absolute atomic E-state index is 0.146. The van der Waals surface area contributed by atoms with E-state index in [2.05, 4.69) is 6.08 Å². The van der Waals surface area contributed by atoms with Crippen LogP contribution < -0.4 is 0 Å². The summed E-state index contributed by atoms with van der Waals surface area (Å²) in [6, 6.07) is 0. The molecule has 2 saturated carbocycles. The Balaban J connectivity index is 1.91. The third-order valence-electron chi connectivity index (χ3n) is 5.51. The molecular formula is C16H22O5. The molecule has 0 aromatic rings. The van der Waals surface area contributed by atoms with Crippen molar-refractivity contribution in [2.75, 3.05) is 20.8 Å². The topological polar surface area (TPSA) is 61.8 Å². The zero-order chi connectivity index (χ0) is 15.3. The number of rotatable bonds is 4. The predicted molar refractivity (Wildman–Crippen MR) is 74.4 cm³/mol. The SMILES string of the molecule is CCO[C@@]12C=C3CC(C(=O)OC)(C(=O)OC)C[C@@H]3[C@@H]1CC2. The molecule has 0 aromatic heterocycles. The van der Waals surface area contributed by atoms with Gasteiger partial charge in [-0.1, -0.05) is 11.6 Å². The molecule has 0 radical (unpaired) electrons. The van der Waals surface area contributed by atoms with Crippen LogP contribution in [0.3, 0.4) is 0 Å². The molecule has 21 heavy (non-hydrogen) atoms. The highest BCUT2D eigenvalue weighted by Gasteiger charge is 2.64. The van der Waals surface area contributed by atoms with Crippen molar-refractivity contribution in [3.63, 3.8) is 0 Å². The number of hydrogen-bond donors (Lipinski definition) is 0. The Morgan fingerprint density at radius 1 is 1.29 bits per heavy atom. The fourth-order valence-electron chi connectivity index (χ4n) is 4.52. The molecule has 0 spiro atoms. The quantitative estimate of drug-likeness (QED) is 0.450. The van der Waals surface area contributed by atoms with Gasteiger partial charge in [-0.05, 0) is 44.4 Å². The Hall–Kier alpha value is -1.36. The number of carbonyl (C=O) groups is 2. The molecule has 116 valence electrons. The number of methoxy groups -OCH3 is 2. The maximum Gasteiger partial charge on any atom is 0.323 e. The minimum atomic E-state index is -1.16. The lowest BCUT2D eigenvalue weighted by Crippen LogP contribution is -2.49. The van der Waals surface area contributed by atoms with E-state index in [9.17, 15) is 9.59 Å². The summed E-state index contributed by atoms with van der Waals surface area (Å²) >= 11 is 0. The third kappa shape index (κ3) is 1.79. The Morgan fingerprint density at radius 3 is 2.43 bits per heavy atom. The maximum atomic E-state index is 12.2. The van der Waals surface area contributed by atoms with Crippen LogP contribution in [0.2, 0.25) is 0 Å². The van der Waals surface area contributed by atoms with Crippen LogP contribution in [0.5, 0.6) is 0 Å². The van der Waals surface area contributed by atoms with Gasteiger partial charge in [-0.25, -0.2) is 0 Å². The van der Waals surface area contributed by atoms with E-state index in [0.717, 1.165) is 12.8 Å². The van der Waals surface area contributed by atoms with Gasteiger partial charge in [0.05, 0.1) is 19.8 Å². The third-order valence-corrected chi connectivity index (χ3v) is 5.51. The van der Waals surface area contributed by atoms with Gasteiger partial charge in [0.25, 0.3) is 0 Å². The summed E-state index contributed by atoms with van der Waals surface area (Å²) in [5.41, 5.74) is -0.136. The van der Waals surface area contributed by atoms with E-state index in [1.165, 1.54) is 19.8 Å². The van der Waals surface area contributed by atoms with Crippen LogP contribution in [0.25, 0.3) is 0 Å². The van der Waals surface area contributed by atoms with Crippen molar-refractivity contribution in [3.8, 4) is 0 Å².